The summed E-state index contributed by atoms with van der Waals surface area (Å²) in [6.07, 6.45) is 6.53. The number of carbonyl (C=O) groups is 2. The van der Waals surface area contributed by atoms with Gasteiger partial charge in [-0.05, 0) is 62.1 Å². The number of esters is 1. The number of Topliss-reactive ketones (excluding diaryl/α,β-unsaturated/α-hetero) is 1. The lowest BCUT2D eigenvalue weighted by molar-refractivity contribution is -0.146. The van der Waals surface area contributed by atoms with E-state index in [1.54, 1.807) is 0 Å². The second-order valence-corrected chi connectivity index (χ2v) is 10.6. The SMILES string of the molecule is CC1=C(C(=O)OC2CCCCC2)[C@H](c2ccc(Br)cc2)C2=C(CC(C)(C)CC2=O)N1. The molecule has 2 aliphatic carbocycles. The lowest BCUT2D eigenvalue weighted by Gasteiger charge is -2.39. The Kier molecular flexibility index (Phi) is 5.93. The first-order valence-corrected chi connectivity index (χ1v) is 11.7. The molecule has 160 valence electrons. The molecular formula is C25H30BrNO3. The molecule has 0 amide bonds. The van der Waals surface area contributed by atoms with Crippen molar-refractivity contribution in [3.63, 3.8) is 0 Å². The van der Waals surface area contributed by atoms with Gasteiger partial charge in [0.1, 0.15) is 6.10 Å². The molecule has 30 heavy (non-hydrogen) atoms. The van der Waals surface area contributed by atoms with Crippen LogP contribution in [-0.4, -0.2) is 17.9 Å². The van der Waals surface area contributed by atoms with Gasteiger partial charge in [-0.15, -0.1) is 0 Å². The Morgan fingerprint density at radius 2 is 1.77 bits per heavy atom. The monoisotopic (exact) mass is 471 g/mol. The summed E-state index contributed by atoms with van der Waals surface area (Å²) in [6, 6.07) is 7.93. The third-order valence-electron chi connectivity index (χ3n) is 6.49. The topological polar surface area (TPSA) is 55.4 Å². The normalized spacial score (nSPS) is 24.4. The van der Waals surface area contributed by atoms with Crippen LogP contribution in [0.15, 0.2) is 51.3 Å². The summed E-state index contributed by atoms with van der Waals surface area (Å²) >= 11 is 3.49. The van der Waals surface area contributed by atoms with Crippen molar-refractivity contribution in [1.29, 1.82) is 0 Å². The first-order chi connectivity index (χ1) is 14.2. The van der Waals surface area contributed by atoms with Gasteiger partial charge in [-0.1, -0.05) is 48.3 Å². The predicted molar refractivity (Wildman–Crippen MR) is 121 cm³/mol. The van der Waals surface area contributed by atoms with Gasteiger partial charge in [0.05, 0.1) is 5.57 Å². The zero-order chi connectivity index (χ0) is 21.5. The number of carbonyl (C=O) groups excluding carboxylic acids is 2. The number of ether oxygens (including phenoxy) is 1. The number of allylic oxidation sites excluding steroid dienone is 3. The van der Waals surface area contributed by atoms with Gasteiger partial charge in [0, 0.05) is 33.8 Å². The highest BCUT2D eigenvalue weighted by molar-refractivity contribution is 9.10. The van der Waals surface area contributed by atoms with E-state index in [2.05, 4.69) is 35.1 Å². The molecule has 1 aromatic carbocycles. The van der Waals surface area contributed by atoms with Crippen molar-refractivity contribution in [1.82, 2.24) is 5.32 Å². The summed E-state index contributed by atoms with van der Waals surface area (Å²) < 4.78 is 6.92. The van der Waals surface area contributed by atoms with Gasteiger partial charge in [0.15, 0.2) is 5.78 Å². The molecule has 3 aliphatic rings. The lowest BCUT2D eigenvalue weighted by atomic mass is 9.68. The molecule has 0 unspecified atom stereocenters. The number of halogens is 1. The van der Waals surface area contributed by atoms with Crippen LogP contribution in [0, 0.1) is 5.41 Å². The van der Waals surface area contributed by atoms with Crippen molar-refractivity contribution in [2.45, 2.75) is 77.7 Å². The van der Waals surface area contributed by atoms with E-state index >= 15 is 0 Å². The van der Waals surface area contributed by atoms with Crippen molar-refractivity contribution in [2.75, 3.05) is 0 Å². The van der Waals surface area contributed by atoms with Crippen molar-refractivity contribution < 1.29 is 14.3 Å². The maximum absolute atomic E-state index is 13.4. The van der Waals surface area contributed by atoms with Crippen LogP contribution in [0.4, 0.5) is 0 Å². The van der Waals surface area contributed by atoms with Crippen molar-refractivity contribution >= 4 is 27.7 Å². The average Bonchev–Trinajstić information content (AvgIpc) is 2.67. The molecule has 4 nitrogen and oxygen atoms in total. The summed E-state index contributed by atoms with van der Waals surface area (Å²) in [5, 5.41) is 3.41. The molecule has 0 saturated heterocycles. The molecular weight excluding hydrogens is 442 g/mol. The Balaban J connectivity index is 1.75. The molecule has 1 saturated carbocycles. The fourth-order valence-corrected chi connectivity index (χ4v) is 5.36. The summed E-state index contributed by atoms with van der Waals surface area (Å²) in [7, 11) is 0. The number of benzene rings is 1. The third-order valence-corrected chi connectivity index (χ3v) is 7.02. The molecule has 0 bridgehead atoms. The Labute approximate surface area is 187 Å². The first-order valence-electron chi connectivity index (χ1n) is 11.0. The zero-order valence-electron chi connectivity index (χ0n) is 18.0. The van der Waals surface area contributed by atoms with Gasteiger partial charge in [-0.3, -0.25) is 4.79 Å². The number of rotatable bonds is 3. The molecule has 1 aliphatic heterocycles. The zero-order valence-corrected chi connectivity index (χ0v) is 19.6. The Morgan fingerprint density at radius 1 is 1.10 bits per heavy atom. The molecule has 1 atom stereocenters. The van der Waals surface area contributed by atoms with Crippen LogP contribution in [0.1, 0.15) is 77.2 Å². The Hall–Kier alpha value is -1.88. The molecule has 1 N–H and O–H groups in total. The maximum atomic E-state index is 13.4. The summed E-state index contributed by atoms with van der Waals surface area (Å²) in [5.41, 5.74) is 3.93. The van der Waals surface area contributed by atoms with Crippen LogP contribution in [0.3, 0.4) is 0 Å². The molecule has 1 fully saturated rings. The van der Waals surface area contributed by atoms with Crippen molar-refractivity contribution in [3.05, 3.63) is 56.8 Å². The largest absolute Gasteiger partial charge is 0.459 e. The van der Waals surface area contributed by atoms with Crippen LogP contribution in [0.25, 0.3) is 0 Å². The van der Waals surface area contributed by atoms with Crippen molar-refractivity contribution in [2.24, 2.45) is 5.41 Å². The van der Waals surface area contributed by atoms with E-state index in [4.69, 9.17) is 4.74 Å². The minimum atomic E-state index is -0.381. The molecule has 0 radical (unpaired) electrons. The summed E-state index contributed by atoms with van der Waals surface area (Å²) in [6.45, 7) is 6.17. The number of nitrogens with one attached hydrogen (secondary N) is 1. The molecule has 1 heterocycles. The second-order valence-electron chi connectivity index (χ2n) is 9.65. The van der Waals surface area contributed by atoms with Gasteiger partial charge in [0.25, 0.3) is 0 Å². The number of ketones is 1. The quantitative estimate of drug-likeness (QED) is 0.555. The van der Waals surface area contributed by atoms with Gasteiger partial charge < -0.3 is 10.1 Å². The van der Waals surface area contributed by atoms with E-state index in [0.29, 0.717) is 12.0 Å². The number of dihydropyridines is 1. The maximum Gasteiger partial charge on any atom is 0.337 e. The highest BCUT2D eigenvalue weighted by atomic mass is 79.9. The number of hydrogen-bond acceptors (Lipinski definition) is 4. The average molecular weight is 472 g/mol. The summed E-state index contributed by atoms with van der Waals surface area (Å²) in [4.78, 5) is 26.7. The van der Waals surface area contributed by atoms with Crippen LogP contribution in [-0.2, 0) is 14.3 Å². The van der Waals surface area contributed by atoms with E-state index in [1.165, 1.54) is 6.42 Å². The minimum absolute atomic E-state index is 0.0199. The fraction of sp³-hybridized carbons (Fsp3) is 0.520. The fourth-order valence-electron chi connectivity index (χ4n) is 5.09. The summed E-state index contributed by atoms with van der Waals surface area (Å²) in [5.74, 6) is -0.546. The van der Waals surface area contributed by atoms with E-state index < -0.39 is 0 Å². The van der Waals surface area contributed by atoms with E-state index in [1.807, 2.05) is 31.2 Å². The van der Waals surface area contributed by atoms with Gasteiger partial charge in [-0.2, -0.15) is 0 Å². The van der Waals surface area contributed by atoms with Crippen molar-refractivity contribution in [3.8, 4) is 0 Å². The predicted octanol–water partition coefficient (Wildman–Crippen LogP) is 5.93. The van der Waals surface area contributed by atoms with Gasteiger partial charge in [0.2, 0.25) is 0 Å². The highest BCUT2D eigenvalue weighted by Crippen LogP contribution is 2.47. The van der Waals surface area contributed by atoms with E-state index in [0.717, 1.165) is 59.1 Å². The van der Waals surface area contributed by atoms with Gasteiger partial charge >= 0.3 is 5.97 Å². The molecule has 5 heteroatoms. The lowest BCUT2D eigenvalue weighted by Crippen LogP contribution is -2.39. The Bertz CT molecular complexity index is 920. The standard InChI is InChI=1S/C25H30BrNO3/c1-15-21(24(29)30-18-7-5-4-6-8-18)22(16-9-11-17(26)12-10-16)23-19(27-15)13-25(2,3)14-20(23)28/h9-12,18,22,27H,4-8,13-14H2,1-3H3/t22-/m0/s1. The second kappa shape index (κ2) is 8.33. The van der Waals surface area contributed by atoms with Crippen LogP contribution in [0.5, 0.6) is 0 Å². The van der Waals surface area contributed by atoms with Crippen LogP contribution >= 0.6 is 15.9 Å². The van der Waals surface area contributed by atoms with E-state index in [9.17, 15) is 9.59 Å². The number of hydrogen-bond donors (Lipinski definition) is 1. The van der Waals surface area contributed by atoms with E-state index in [-0.39, 0.29) is 29.2 Å². The van der Waals surface area contributed by atoms with Crippen LogP contribution < -0.4 is 5.32 Å². The molecule has 4 rings (SSSR count). The molecule has 0 aromatic heterocycles. The smallest absolute Gasteiger partial charge is 0.337 e. The Morgan fingerprint density at radius 3 is 2.43 bits per heavy atom. The first kappa shape index (κ1) is 21.4. The molecule has 1 aromatic rings. The van der Waals surface area contributed by atoms with Crippen LogP contribution in [0.2, 0.25) is 0 Å². The minimum Gasteiger partial charge on any atom is -0.459 e. The van der Waals surface area contributed by atoms with Gasteiger partial charge in [-0.25, -0.2) is 4.79 Å². The highest BCUT2D eigenvalue weighted by Gasteiger charge is 2.43. The molecule has 0 spiro atoms. The third kappa shape index (κ3) is 4.27.